The number of carboxylic acid groups (broad SMARTS) is 1. The van der Waals surface area contributed by atoms with Gasteiger partial charge in [-0.1, -0.05) is 11.6 Å². The summed E-state index contributed by atoms with van der Waals surface area (Å²) in [4.78, 5) is 25.7. The van der Waals surface area contributed by atoms with Crippen molar-refractivity contribution >= 4 is 29.2 Å². The highest BCUT2D eigenvalue weighted by Crippen LogP contribution is 2.17. The molecule has 7 heteroatoms. The Bertz CT molecular complexity index is 425. The molecule has 0 spiro atoms. The Morgan fingerprint density at radius 2 is 2.29 bits per heavy atom. The molecule has 17 heavy (non-hydrogen) atoms. The number of pyridine rings is 1. The van der Waals surface area contributed by atoms with E-state index in [0.29, 0.717) is 5.69 Å². The number of halogens is 1. The Morgan fingerprint density at radius 3 is 2.88 bits per heavy atom. The molecule has 0 fully saturated rings. The minimum Gasteiger partial charge on any atom is -0.481 e. The van der Waals surface area contributed by atoms with Crippen LogP contribution in [0.15, 0.2) is 18.3 Å². The highest BCUT2D eigenvalue weighted by atomic mass is 35.5. The highest BCUT2D eigenvalue weighted by molar-refractivity contribution is 6.32. The first-order valence-electron chi connectivity index (χ1n) is 4.89. The smallest absolute Gasteiger partial charge is 0.303 e. The normalized spacial score (nSPS) is 11.9. The SMILES string of the molecule is NC(CCC(=O)O)C(=O)Nc1cccnc1Cl. The minimum atomic E-state index is -0.993. The second kappa shape index (κ2) is 6.17. The van der Waals surface area contributed by atoms with E-state index in [9.17, 15) is 9.59 Å². The Morgan fingerprint density at radius 1 is 1.59 bits per heavy atom. The first-order chi connectivity index (χ1) is 8.00. The van der Waals surface area contributed by atoms with E-state index < -0.39 is 17.9 Å². The molecule has 0 saturated carbocycles. The number of nitrogens with two attached hydrogens (primary N) is 1. The molecule has 0 aromatic carbocycles. The van der Waals surface area contributed by atoms with E-state index in [1.807, 2.05) is 0 Å². The second-order valence-electron chi connectivity index (χ2n) is 3.37. The number of nitrogens with zero attached hydrogens (tertiary/aromatic N) is 1. The maximum Gasteiger partial charge on any atom is 0.303 e. The largest absolute Gasteiger partial charge is 0.481 e. The summed E-state index contributed by atoms with van der Waals surface area (Å²) >= 11 is 5.74. The van der Waals surface area contributed by atoms with Gasteiger partial charge in [0.05, 0.1) is 11.7 Å². The summed E-state index contributed by atoms with van der Waals surface area (Å²) in [5.74, 6) is -1.48. The zero-order valence-corrected chi connectivity index (χ0v) is 9.65. The number of carboxylic acids is 1. The van der Waals surface area contributed by atoms with E-state index in [4.69, 9.17) is 22.4 Å². The number of hydrogen-bond donors (Lipinski definition) is 3. The molecule has 1 amide bonds. The third-order valence-electron chi connectivity index (χ3n) is 2.02. The number of carbonyl (C=O) groups is 2. The molecule has 6 nitrogen and oxygen atoms in total. The van der Waals surface area contributed by atoms with Crippen LogP contribution in [0.4, 0.5) is 5.69 Å². The van der Waals surface area contributed by atoms with Gasteiger partial charge in [-0.3, -0.25) is 9.59 Å². The van der Waals surface area contributed by atoms with E-state index >= 15 is 0 Å². The van der Waals surface area contributed by atoms with Crippen LogP contribution in [0, 0.1) is 0 Å². The molecule has 0 aliphatic carbocycles. The molecule has 1 rings (SSSR count). The molecule has 0 aliphatic rings. The predicted molar refractivity (Wildman–Crippen MR) is 62.7 cm³/mol. The van der Waals surface area contributed by atoms with Gasteiger partial charge in [-0.15, -0.1) is 0 Å². The van der Waals surface area contributed by atoms with Gasteiger partial charge in [0.25, 0.3) is 0 Å². The number of rotatable bonds is 5. The lowest BCUT2D eigenvalue weighted by Crippen LogP contribution is -2.36. The van der Waals surface area contributed by atoms with Crippen molar-refractivity contribution in [3.05, 3.63) is 23.5 Å². The van der Waals surface area contributed by atoms with Gasteiger partial charge in [0.1, 0.15) is 0 Å². The van der Waals surface area contributed by atoms with Crippen LogP contribution in [0.2, 0.25) is 5.15 Å². The fraction of sp³-hybridized carbons (Fsp3) is 0.300. The predicted octanol–water partition coefficient (Wildman–Crippen LogP) is 0.866. The van der Waals surface area contributed by atoms with Crippen molar-refractivity contribution in [2.24, 2.45) is 5.73 Å². The summed E-state index contributed by atoms with van der Waals surface area (Å²) in [5, 5.41) is 11.1. The molecule has 4 N–H and O–H groups in total. The van der Waals surface area contributed by atoms with Crippen LogP contribution in [-0.2, 0) is 9.59 Å². The molecular weight excluding hydrogens is 246 g/mol. The zero-order valence-electron chi connectivity index (χ0n) is 8.89. The number of aromatic nitrogens is 1. The Labute approximate surface area is 103 Å². The van der Waals surface area contributed by atoms with Gasteiger partial charge >= 0.3 is 5.97 Å². The molecule has 1 aromatic heterocycles. The molecule has 0 saturated heterocycles. The number of anilines is 1. The van der Waals surface area contributed by atoms with E-state index in [-0.39, 0.29) is 18.0 Å². The van der Waals surface area contributed by atoms with Crippen molar-refractivity contribution in [1.29, 1.82) is 0 Å². The lowest BCUT2D eigenvalue weighted by molar-refractivity contribution is -0.137. The fourth-order valence-corrected chi connectivity index (χ4v) is 1.28. The Kier molecular flexibility index (Phi) is 4.86. The molecule has 0 radical (unpaired) electrons. The van der Waals surface area contributed by atoms with E-state index in [1.54, 1.807) is 12.1 Å². The summed E-state index contributed by atoms with van der Waals surface area (Å²) in [5.41, 5.74) is 5.88. The number of nitrogens with one attached hydrogen (secondary N) is 1. The maximum atomic E-state index is 11.6. The fourth-order valence-electron chi connectivity index (χ4n) is 1.11. The highest BCUT2D eigenvalue weighted by Gasteiger charge is 2.16. The molecule has 92 valence electrons. The number of amides is 1. The lowest BCUT2D eigenvalue weighted by Gasteiger charge is -2.11. The molecule has 1 unspecified atom stereocenters. The maximum absolute atomic E-state index is 11.6. The van der Waals surface area contributed by atoms with E-state index in [2.05, 4.69) is 10.3 Å². The molecule has 1 atom stereocenters. The van der Waals surface area contributed by atoms with Crippen molar-refractivity contribution in [1.82, 2.24) is 4.98 Å². The number of carbonyl (C=O) groups excluding carboxylic acids is 1. The van der Waals surface area contributed by atoms with Crippen molar-refractivity contribution in [3.8, 4) is 0 Å². The summed E-state index contributed by atoms with van der Waals surface area (Å²) < 4.78 is 0. The number of aliphatic carboxylic acids is 1. The summed E-state index contributed by atoms with van der Waals surface area (Å²) in [6.45, 7) is 0. The molecule has 1 heterocycles. The van der Waals surface area contributed by atoms with Gasteiger partial charge < -0.3 is 16.2 Å². The molecule has 0 aliphatic heterocycles. The van der Waals surface area contributed by atoms with E-state index in [0.717, 1.165) is 0 Å². The Balaban J connectivity index is 2.54. The van der Waals surface area contributed by atoms with Crippen LogP contribution in [0.3, 0.4) is 0 Å². The molecular formula is C10H12ClN3O3. The van der Waals surface area contributed by atoms with Crippen LogP contribution in [0.25, 0.3) is 0 Å². The third-order valence-corrected chi connectivity index (χ3v) is 2.32. The van der Waals surface area contributed by atoms with Gasteiger partial charge in [-0.05, 0) is 18.6 Å². The van der Waals surface area contributed by atoms with E-state index in [1.165, 1.54) is 6.20 Å². The molecule has 0 bridgehead atoms. The summed E-state index contributed by atoms with van der Waals surface area (Å²) in [6, 6.07) is 2.31. The van der Waals surface area contributed by atoms with Crippen LogP contribution in [0.5, 0.6) is 0 Å². The standard InChI is InChI=1S/C10H12ClN3O3/c11-9-7(2-1-5-13-9)14-10(17)6(12)3-4-8(15)16/h1-2,5-6H,3-4,12H2,(H,14,17)(H,15,16). The van der Waals surface area contributed by atoms with Crippen LogP contribution in [0.1, 0.15) is 12.8 Å². The monoisotopic (exact) mass is 257 g/mol. The van der Waals surface area contributed by atoms with Crippen molar-refractivity contribution < 1.29 is 14.7 Å². The third kappa shape index (κ3) is 4.38. The zero-order chi connectivity index (χ0) is 12.8. The lowest BCUT2D eigenvalue weighted by atomic mass is 10.1. The first-order valence-corrected chi connectivity index (χ1v) is 5.27. The van der Waals surface area contributed by atoms with Gasteiger partial charge in [-0.2, -0.15) is 0 Å². The van der Waals surface area contributed by atoms with Gasteiger partial charge in [0, 0.05) is 12.6 Å². The first kappa shape index (κ1) is 13.4. The van der Waals surface area contributed by atoms with Crippen LogP contribution in [-0.4, -0.2) is 28.0 Å². The topological polar surface area (TPSA) is 105 Å². The minimum absolute atomic E-state index is 0.0685. The molecule has 1 aromatic rings. The summed E-state index contributed by atoms with van der Waals surface area (Å²) in [7, 11) is 0. The van der Waals surface area contributed by atoms with Crippen LogP contribution < -0.4 is 11.1 Å². The van der Waals surface area contributed by atoms with Gasteiger partial charge in [0.2, 0.25) is 5.91 Å². The average Bonchev–Trinajstić information content (AvgIpc) is 2.28. The van der Waals surface area contributed by atoms with Gasteiger partial charge in [0.15, 0.2) is 5.15 Å². The average molecular weight is 258 g/mol. The number of hydrogen-bond acceptors (Lipinski definition) is 4. The quantitative estimate of drug-likeness (QED) is 0.679. The van der Waals surface area contributed by atoms with Crippen molar-refractivity contribution in [3.63, 3.8) is 0 Å². The van der Waals surface area contributed by atoms with Crippen LogP contribution >= 0.6 is 11.6 Å². The van der Waals surface area contributed by atoms with Crippen molar-refractivity contribution in [2.45, 2.75) is 18.9 Å². The second-order valence-corrected chi connectivity index (χ2v) is 3.73. The van der Waals surface area contributed by atoms with Crippen molar-refractivity contribution in [2.75, 3.05) is 5.32 Å². The Hall–Kier alpha value is -1.66. The van der Waals surface area contributed by atoms with Gasteiger partial charge in [-0.25, -0.2) is 4.98 Å². The summed E-state index contributed by atoms with van der Waals surface area (Å²) in [6.07, 6.45) is 1.40.